The zero-order valence-electron chi connectivity index (χ0n) is 13.4. The van der Waals surface area contributed by atoms with Gasteiger partial charge in [0.2, 0.25) is 0 Å². The minimum atomic E-state index is -0.860. The lowest BCUT2D eigenvalue weighted by molar-refractivity contribution is -0.137. The van der Waals surface area contributed by atoms with Gasteiger partial charge in [-0.25, -0.2) is 4.79 Å². The van der Waals surface area contributed by atoms with Crippen molar-refractivity contribution in [2.45, 2.75) is 44.2 Å². The molecule has 2 atom stereocenters. The van der Waals surface area contributed by atoms with Gasteiger partial charge in [-0.3, -0.25) is 4.79 Å². The van der Waals surface area contributed by atoms with E-state index >= 15 is 0 Å². The third-order valence-electron chi connectivity index (χ3n) is 4.00. The molecule has 6 nitrogen and oxygen atoms in total. The van der Waals surface area contributed by atoms with Crippen LogP contribution >= 0.6 is 0 Å². The molecule has 6 heteroatoms. The number of urea groups is 1. The molecule has 0 aromatic heterocycles. The maximum atomic E-state index is 12.2. The maximum Gasteiger partial charge on any atom is 0.315 e. The van der Waals surface area contributed by atoms with Gasteiger partial charge in [-0.05, 0) is 31.7 Å². The van der Waals surface area contributed by atoms with Gasteiger partial charge >= 0.3 is 12.0 Å². The van der Waals surface area contributed by atoms with Crippen molar-refractivity contribution >= 4 is 12.0 Å². The fraction of sp³-hybridized carbons (Fsp3) is 0.529. The first-order chi connectivity index (χ1) is 11.0. The fourth-order valence-electron chi connectivity index (χ4n) is 2.68. The number of hydrogen-bond donors (Lipinski definition) is 3. The van der Waals surface area contributed by atoms with Crippen LogP contribution in [0.4, 0.5) is 4.79 Å². The SMILES string of the molecule is CC1(NC(=O)NC(CCC(=O)O)Cc2ccccc2)CCOC1. The Morgan fingerprint density at radius 2 is 2.09 bits per heavy atom. The Morgan fingerprint density at radius 1 is 1.35 bits per heavy atom. The molecule has 3 N–H and O–H groups in total. The van der Waals surface area contributed by atoms with Gasteiger partial charge in [-0.1, -0.05) is 30.3 Å². The summed E-state index contributed by atoms with van der Waals surface area (Å²) in [6.45, 7) is 3.09. The maximum absolute atomic E-state index is 12.2. The first-order valence-electron chi connectivity index (χ1n) is 7.89. The highest BCUT2D eigenvalue weighted by Gasteiger charge is 2.31. The van der Waals surface area contributed by atoms with Gasteiger partial charge in [-0.15, -0.1) is 0 Å². The summed E-state index contributed by atoms with van der Waals surface area (Å²) in [5.74, 6) is -0.860. The molecule has 1 aliphatic heterocycles. The number of amides is 2. The Morgan fingerprint density at radius 3 is 2.70 bits per heavy atom. The lowest BCUT2D eigenvalue weighted by Gasteiger charge is -2.26. The van der Waals surface area contributed by atoms with Crippen LogP contribution in [0.2, 0.25) is 0 Å². The Hall–Kier alpha value is -2.08. The van der Waals surface area contributed by atoms with E-state index in [4.69, 9.17) is 9.84 Å². The molecule has 0 radical (unpaired) electrons. The number of carbonyl (C=O) groups is 2. The van der Waals surface area contributed by atoms with Crippen LogP contribution in [0.5, 0.6) is 0 Å². The van der Waals surface area contributed by atoms with E-state index in [0.717, 1.165) is 12.0 Å². The lowest BCUT2D eigenvalue weighted by Crippen LogP contribution is -2.53. The van der Waals surface area contributed by atoms with Gasteiger partial charge in [0.1, 0.15) is 0 Å². The smallest absolute Gasteiger partial charge is 0.315 e. The van der Waals surface area contributed by atoms with Crippen molar-refractivity contribution in [3.05, 3.63) is 35.9 Å². The van der Waals surface area contributed by atoms with Crippen LogP contribution in [0.25, 0.3) is 0 Å². The summed E-state index contributed by atoms with van der Waals surface area (Å²) in [5.41, 5.74) is 0.715. The number of ether oxygens (including phenoxy) is 1. The number of carboxylic acids is 1. The minimum Gasteiger partial charge on any atom is -0.481 e. The predicted molar refractivity (Wildman–Crippen MR) is 86.3 cm³/mol. The zero-order chi connectivity index (χ0) is 16.7. The monoisotopic (exact) mass is 320 g/mol. The first-order valence-corrected chi connectivity index (χ1v) is 7.89. The number of aliphatic carboxylic acids is 1. The van der Waals surface area contributed by atoms with Crippen molar-refractivity contribution in [3.8, 4) is 0 Å². The van der Waals surface area contributed by atoms with E-state index in [1.165, 1.54) is 0 Å². The fourth-order valence-corrected chi connectivity index (χ4v) is 2.68. The van der Waals surface area contributed by atoms with Crippen LogP contribution in [-0.2, 0) is 16.0 Å². The Kier molecular flexibility index (Phi) is 5.98. The number of carboxylic acid groups (broad SMARTS) is 1. The van der Waals surface area contributed by atoms with Crippen LogP contribution in [0.1, 0.15) is 31.7 Å². The zero-order valence-corrected chi connectivity index (χ0v) is 13.4. The molecular weight excluding hydrogens is 296 g/mol. The molecule has 0 spiro atoms. The van der Waals surface area contributed by atoms with Gasteiger partial charge in [0, 0.05) is 19.1 Å². The molecule has 126 valence electrons. The lowest BCUT2D eigenvalue weighted by atomic mass is 10.0. The highest BCUT2D eigenvalue weighted by molar-refractivity contribution is 5.75. The standard InChI is InChI=1S/C17H24N2O4/c1-17(9-10-23-12-17)19-16(22)18-14(7-8-15(20)21)11-13-5-3-2-4-6-13/h2-6,14H,7-12H2,1H3,(H,20,21)(H2,18,19,22). The van der Waals surface area contributed by atoms with Crippen molar-refractivity contribution < 1.29 is 19.4 Å². The Balaban J connectivity index is 1.92. The Bertz CT molecular complexity index is 527. The quantitative estimate of drug-likeness (QED) is 0.716. The molecular formula is C17H24N2O4. The number of benzene rings is 1. The molecule has 0 aliphatic carbocycles. The van der Waals surface area contributed by atoms with E-state index < -0.39 is 5.97 Å². The van der Waals surface area contributed by atoms with Crippen molar-refractivity contribution in [1.29, 1.82) is 0 Å². The summed E-state index contributed by atoms with van der Waals surface area (Å²) in [6.07, 6.45) is 1.80. The molecule has 1 aromatic rings. The summed E-state index contributed by atoms with van der Waals surface area (Å²) < 4.78 is 5.32. The molecule has 1 aromatic carbocycles. The molecule has 2 rings (SSSR count). The topological polar surface area (TPSA) is 87.7 Å². The largest absolute Gasteiger partial charge is 0.481 e. The molecule has 2 amide bonds. The first kappa shape index (κ1) is 17.3. The van der Waals surface area contributed by atoms with E-state index in [1.54, 1.807) is 0 Å². The Labute approximate surface area is 136 Å². The van der Waals surface area contributed by atoms with Gasteiger partial charge in [-0.2, -0.15) is 0 Å². The second kappa shape index (κ2) is 7.97. The summed E-state index contributed by atoms with van der Waals surface area (Å²) in [7, 11) is 0. The summed E-state index contributed by atoms with van der Waals surface area (Å²) >= 11 is 0. The van der Waals surface area contributed by atoms with Crippen LogP contribution in [0, 0.1) is 0 Å². The van der Waals surface area contributed by atoms with Crippen LogP contribution in [0.15, 0.2) is 30.3 Å². The van der Waals surface area contributed by atoms with Crippen molar-refractivity contribution in [1.82, 2.24) is 10.6 Å². The number of nitrogens with one attached hydrogen (secondary N) is 2. The molecule has 1 aliphatic rings. The molecule has 1 fully saturated rings. The predicted octanol–water partition coefficient (Wildman–Crippen LogP) is 1.94. The van der Waals surface area contributed by atoms with E-state index in [-0.39, 0.29) is 24.0 Å². The van der Waals surface area contributed by atoms with Gasteiger partial charge in [0.15, 0.2) is 0 Å². The van der Waals surface area contributed by atoms with E-state index in [0.29, 0.717) is 26.1 Å². The second-order valence-corrected chi connectivity index (χ2v) is 6.28. The van der Waals surface area contributed by atoms with Gasteiger partial charge in [0.25, 0.3) is 0 Å². The summed E-state index contributed by atoms with van der Waals surface area (Å²) in [6, 6.07) is 9.24. The van der Waals surface area contributed by atoms with Crippen molar-refractivity contribution in [2.24, 2.45) is 0 Å². The third kappa shape index (κ3) is 5.90. The number of carbonyl (C=O) groups excluding carboxylic acids is 1. The molecule has 0 bridgehead atoms. The van der Waals surface area contributed by atoms with Crippen LogP contribution in [-0.4, -0.2) is 41.9 Å². The van der Waals surface area contributed by atoms with Crippen molar-refractivity contribution in [2.75, 3.05) is 13.2 Å². The average Bonchev–Trinajstić information content (AvgIpc) is 2.92. The number of hydrogen-bond acceptors (Lipinski definition) is 3. The van der Waals surface area contributed by atoms with Gasteiger partial charge < -0.3 is 20.5 Å². The molecule has 2 unspecified atom stereocenters. The molecule has 1 saturated heterocycles. The molecule has 1 heterocycles. The normalized spacial score (nSPS) is 21.6. The van der Waals surface area contributed by atoms with Crippen LogP contribution in [0.3, 0.4) is 0 Å². The summed E-state index contributed by atoms with van der Waals surface area (Å²) in [5, 5.41) is 14.7. The average molecular weight is 320 g/mol. The summed E-state index contributed by atoms with van der Waals surface area (Å²) in [4.78, 5) is 23.1. The molecule has 23 heavy (non-hydrogen) atoms. The van der Waals surface area contributed by atoms with Crippen LogP contribution < -0.4 is 10.6 Å². The highest BCUT2D eigenvalue weighted by atomic mass is 16.5. The second-order valence-electron chi connectivity index (χ2n) is 6.28. The van der Waals surface area contributed by atoms with E-state index in [2.05, 4.69) is 10.6 Å². The van der Waals surface area contributed by atoms with E-state index in [1.807, 2.05) is 37.3 Å². The minimum absolute atomic E-state index is 0.0260. The number of rotatable bonds is 7. The van der Waals surface area contributed by atoms with Gasteiger partial charge in [0.05, 0.1) is 12.1 Å². The third-order valence-corrected chi connectivity index (χ3v) is 4.00. The highest BCUT2D eigenvalue weighted by Crippen LogP contribution is 2.17. The molecule has 0 saturated carbocycles. The van der Waals surface area contributed by atoms with Crippen molar-refractivity contribution in [3.63, 3.8) is 0 Å². The van der Waals surface area contributed by atoms with E-state index in [9.17, 15) is 9.59 Å².